The largest absolute Gasteiger partial charge is 0.351 e. The van der Waals surface area contributed by atoms with Gasteiger partial charge in [-0.25, -0.2) is 0 Å². The predicted octanol–water partition coefficient (Wildman–Crippen LogP) is 3.28. The number of nitro groups is 1. The van der Waals surface area contributed by atoms with Crippen LogP contribution in [0.25, 0.3) is 0 Å². The highest BCUT2D eigenvalue weighted by Gasteiger charge is 2.09. The van der Waals surface area contributed by atoms with E-state index >= 15 is 0 Å². The second kappa shape index (κ2) is 6.62. The molecule has 0 aliphatic carbocycles. The quantitative estimate of drug-likeness (QED) is 0.661. The van der Waals surface area contributed by atoms with E-state index in [1.807, 2.05) is 12.1 Å². The molecular weight excluding hydrogens is 344 g/mol. The van der Waals surface area contributed by atoms with Crippen molar-refractivity contribution in [1.29, 1.82) is 0 Å². The minimum atomic E-state index is -0.468. The molecule has 2 rings (SSSR count). The molecule has 5 nitrogen and oxygen atoms in total. The van der Waals surface area contributed by atoms with Gasteiger partial charge in [-0.3, -0.25) is 14.9 Å². The number of hydrogen-bond donors (Lipinski definition) is 1. The van der Waals surface area contributed by atoms with Gasteiger partial charge in [0.25, 0.3) is 5.69 Å². The first-order chi connectivity index (χ1) is 9.54. The number of thiophene rings is 1. The lowest BCUT2D eigenvalue weighted by atomic mass is 10.1. The summed E-state index contributed by atoms with van der Waals surface area (Å²) in [6.07, 6.45) is 0.133. The van der Waals surface area contributed by atoms with Crippen molar-refractivity contribution >= 4 is 38.9 Å². The number of nitrogens with zero attached hydrogens (tertiary/aromatic N) is 1. The zero-order valence-corrected chi connectivity index (χ0v) is 12.7. The summed E-state index contributed by atoms with van der Waals surface area (Å²) in [6.45, 7) is 0.462. The summed E-state index contributed by atoms with van der Waals surface area (Å²) in [4.78, 5) is 23.0. The van der Waals surface area contributed by atoms with Gasteiger partial charge in [0, 0.05) is 17.0 Å². The van der Waals surface area contributed by atoms with Crippen LogP contribution in [-0.2, 0) is 17.8 Å². The van der Waals surface area contributed by atoms with E-state index in [0.29, 0.717) is 12.1 Å². The van der Waals surface area contributed by atoms with Gasteiger partial charge in [0.15, 0.2) is 0 Å². The lowest BCUT2D eigenvalue weighted by Crippen LogP contribution is -2.24. The molecule has 1 N–H and O–H groups in total. The van der Waals surface area contributed by atoms with Crippen molar-refractivity contribution in [3.63, 3.8) is 0 Å². The summed E-state index contributed by atoms with van der Waals surface area (Å²) in [6, 6.07) is 9.96. The topological polar surface area (TPSA) is 72.2 Å². The van der Waals surface area contributed by atoms with Gasteiger partial charge < -0.3 is 5.32 Å². The van der Waals surface area contributed by atoms with Crippen molar-refractivity contribution in [2.24, 2.45) is 0 Å². The first-order valence-electron chi connectivity index (χ1n) is 5.79. The van der Waals surface area contributed by atoms with Crippen LogP contribution in [-0.4, -0.2) is 10.8 Å². The Morgan fingerprint density at radius 3 is 2.80 bits per heavy atom. The van der Waals surface area contributed by atoms with Crippen LogP contribution in [0.3, 0.4) is 0 Å². The van der Waals surface area contributed by atoms with Crippen molar-refractivity contribution < 1.29 is 9.72 Å². The maximum Gasteiger partial charge on any atom is 0.269 e. The van der Waals surface area contributed by atoms with Crippen LogP contribution >= 0.6 is 27.3 Å². The number of nitrogens with one attached hydrogen (secondary N) is 1. The minimum Gasteiger partial charge on any atom is -0.351 e. The van der Waals surface area contributed by atoms with Gasteiger partial charge in [-0.2, -0.15) is 0 Å². The average Bonchev–Trinajstić information content (AvgIpc) is 2.82. The van der Waals surface area contributed by atoms with E-state index in [2.05, 4.69) is 21.2 Å². The highest BCUT2D eigenvalue weighted by atomic mass is 79.9. The molecule has 0 atom stereocenters. The zero-order valence-electron chi connectivity index (χ0n) is 10.3. The maximum atomic E-state index is 11.8. The molecule has 0 spiro atoms. The number of carbonyl (C=O) groups is 1. The number of benzene rings is 1. The molecule has 1 aromatic heterocycles. The number of nitro benzene ring substituents is 1. The third kappa shape index (κ3) is 4.14. The van der Waals surface area contributed by atoms with Crippen LogP contribution in [0.5, 0.6) is 0 Å². The van der Waals surface area contributed by atoms with Crippen molar-refractivity contribution in [2.75, 3.05) is 0 Å². The Kier molecular flexibility index (Phi) is 4.86. The second-order valence-corrected chi connectivity index (χ2v) is 6.63. The number of non-ortho nitro benzene ring substituents is 1. The van der Waals surface area contributed by atoms with Crippen molar-refractivity contribution in [3.8, 4) is 0 Å². The molecule has 7 heteroatoms. The lowest BCUT2D eigenvalue weighted by molar-refractivity contribution is -0.384. The molecule has 0 unspecified atom stereocenters. The standard InChI is InChI=1S/C13H11BrN2O3S/c14-12-5-4-11(20-12)8-15-13(17)7-9-2-1-3-10(6-9)16(18)19/h1-6H,7-8H2,(H,15,17). The maximum absolute atomic E-state index is 11.8. The molecule has 20 heavy (non-hydrogen) atoms. The van der Waals surface area contributed by atoms with Crippen LogP contribution < -0.4 is 5.32 Å². The summed E-state index contributed by atoms with van der Waals surface area (Å²) >= 11 is 4.91. The van der Waals surface area contributed by atoms with Gasteiger partial charge in [0.1, 0.15) is 0 Å². The van der Waals surface area contributed by atoms with Crippen LogP contribution in [0.15, 0.2) is 40.2 Å². The molecule has 1 amide bonds. The van der Waals surface area contributed by atoms with Gasteiger partial charge >= 0.3 is 0 Å². The highest BCUT2D eigenvalue weighted by Crippen LogP contribution is 2.21. The SMILES string of the molecule is O=C(Cc1cccc([N+](=O)[O-])c1)NCc1ccc(Br)s1. The van der Waals surface area contributed by atoms with Crippen molar-refractivity contribution in [3.05, 3.63) is 60.7 Å². The Bertz CT molecular complexity index is 642. The Balaban J connectivity index is 1.91. The fourth-order valence-corrected chi connectivity index (χ4v) is 3.08. The second-order valence-electron chi connectivity index (χ2n) is 4.09. The molecule has 0 aliphatic heterocycles. The number of rotatable bonds is 5. The van der Waals surface area contributed by atoms with Gasteiger partial charge in [-0.05, 0) is 33.6 Å². The molecule has 0 bridgehead atoms. The summed E-state index contributed by atoms with van der Waals surface area (Å²) in [7, 11) is 0. The predicted molar refractivity (Wildman–Crippen MR) is 80.7 cm³/mol. The summed E-state index contributed by atoms with van der Waals surface area (Å²) in [5.41, 5.74) is 0.626. The Morgan fingerprint density at radius 2 is 2.15 bits per heavy atom. The van der Waals surface area contributed by atoms with E-state index in [4.69, 9.17) is 0 Å². The van der Waals surface area contributed by atoms with E-state index in [9.17, 15) is 14.9 Å². The monoisotopic (exact) mass is 354 g/mol. The number of hydrogen-bond acceptors (Lipinski definition) is 4. The molecule has 2 aromatic rings. The molecular formula is C13H11BrN2O3S. The molecule has 0 aliphatic rings. The summed E-state index contributed by atoms with van der Waals surface area (Å²) in [5, 5.41) is 13.4. The summed E-state index contributed by atoms with van der Waals surface area (Å²) in [5.74, 6) is -0.157. The molecule has 0 radical (unpaired) electrons. The van der Waals surface area contributed by atoms with Crippen LogP contribution in [0.2, 0.25) is 0 Å². The molecule has 1 aromatic carbocycles. The van der Waals surface area contributed by atoms with E-state index in [1.54, 1.807) is 23.5 Å². The van der Waals surface area contributed by atoms with Crippen LogP contribution in [0.1, 0.15) is 10.4 Å². The Hall–Kier alpha value is -1.73. The number of carbonyl (C=O) groups excluding carboxylic acids is 1. The van der Waals surface area contributed by atoms with E-state index in [0.717, 1.165) is 8.66 Å². The first-order valence-corrected chi connectivity index (χ1v) is 7.40. The van der Waals surface area contributed by atoms with E-state index in [1.165, 1.54) is 12.1 Å². The zero-order chi connectivity index (χ0) is 14.5. The van der Waals surface area contributed by atoms with Crippen LogP contribution in [0, 0.1) is 10.1 Å². The highest BCUT2D eigenvalue weighted by molar-refractivity contribution is 9.11. The normalized spacial score (nSPS) is 10.2. The molecule has 0 saturated heterocycles. The molecule has 1 heterocycles. The molecule has 0 fully saturated rings. The molecule has 0 saturated carbocycles. The smallest absolute Gasteiger partial charge is 0.269 e. The lowest BCUT2D eigenvalue weighted by Gasteiger charge is -2.03. The average molecular weight is 355 g/mol. The van der Waals surface area contributed by atoms with Crippen LogP contribution in [0.4, 0.5) is 5.69 Å². The Morgan fingerprint density at radius 1 is 1.35 bits per heavy atom. The van der Waals surface area contributed by atoms with E-state index in [-0.39, 0.29) is 18.0 Å². The fraction of sp³-hybridized carbons (Fsp3) is 0.154. The number of halogens is 1. The third-order valence-corrected chi connectivity index (χ3v) is 4.20. The molecule has 104 valence electrons. The van der Waals surface area contributed by atoms with Crippen molar-refractivity contribution in [2.45, 2.75) is 13.0 Å². The summed E-state index contributed by atoms with van der Waals surface area (Å²) < 4.78 is 1.01. The number of amides is 1. The van der Waals surface area contributed by atoms with Gasteiger partial charge in [0.2, 0.25) is 5.91 Å². The third-order valence-electron chi connectivity index (χ3n) is 2.57. The van der Waals surface area contributed by atoms with Gasteiger partial charge in [0.05, 0.1) is 21.7 Å². The Labute approximate surface area is 127 Å². The minimum absolute atomic E-state index is 0.00233. The van der Waals surface area contributed by atoms with Gasteiger partial charge in [-0.1, -0.05) is 12.1 Å². The van der Waals surface area contributed by atoms with Crippen molar-refractivity contribution in [1.82, 2.24) is 5.32 Å². The fourth-order valence-electron chi connectivity index (χ4n) is 1.66. The van der Waals surface area contributed by atoms with Gasteiger partial charge in [-0.15, -0.1) is 11.3 Å². The first kappa shape index (κ1) is 14.7. The van der Waals surface area contributed by atoms with E-state index < -0.39 is 4.92 Å².